The van der Waals surface area contributed by atoms with Crippen LogP contribution >= 0.6 is 11.6 Å². The van der Waals surface area contributed by atoms with E-state index < -0.39 is 0 Å². The molecular weight excluding hydrogens is 216 g/mol. The molecule has 15 heavy (non-hydrogen) atoms. The van der Waals surface area contributed by atoms with Gasteiger partial charge in [0.15, 0.2) is 0 Å². The van der Waals surface area contributed by atoms with Gasteiger partial charge in [-0.15, -0.1) is 0 Å². The third-order valence-corrected chi connectivity index (χ3v) is 2.31. The van der Waals surface area contributed by atoms with Gasteiger partial charge in [0.1, 0.15) is 0 Å². The van der Waals surface area contributed by atoms with Gasteiger partial charge in [0, 0.05) is 17.6 Å². The summed E-state index contributed by atoms with van der Waals surface area (Å²) in [6, 6.07) is 5.15. The molecule has 0 saturated heterocycles. The Kier molecular flexibility index (Phi) is 3.94. The number of rotatable bonds is 3. The average Bonchev–Trinajstić information content (AvgIpc) is 2.16. The molecule has 0 atom stereocenters. The van der Waals surface area contributed by atoms with Gasteiger partial charge in [-0.1, -0.05) is 17.7 Å². The number of hydrogen-bond acceptors (Lipinski definition) is 3. The maximum Gasteiger partial charge on any atom is 0.243 e. The molecule has 0 bridgehead atoms. The Morgan fingerprint density at radius 2 is 2.27 bits per heavy atom. The maximum absolute atomic E-state index is 11.1. The van der Waals surface area contributed by atoms with E-state index in [2.05, 4.69) is 0 Å². The topological polar surface area (TPSA) is 55.6 Å². The first-order valence-electron chi connectivity index (χ1n) is 4.40. The predicted molar refractivity (Wildman–Crippen MR) is 59.1 cm³/mol. The standard InChI is InChI=1S/C10H13ClN2O2/c1-7(14)13(15-2)6-8-3-4-9(12)5-10(8)11/h3-5H,6,12H2,1-2H3. The molecule has 0 aliphatic carbocycles. The zero-order valence-corrected chi connectivity index (χ0v) is 9.41. The molecule has 0 saturated carbocycles. The van der Waals surface area contributed by atoms with Gasteiger partial charge < -0.3 is 5.73 Å². The molecule has 1 aromatic carbocycles. The molecule has 1 aromatic rings. The number of amides is 1. The summed E-state index contributed by atoms with van der Waals surface area (Å²) in [5, 5.41) is 1.75. The van der Waals surface area contributed by atoms with Crippen molar-refractivity contribution in [3.8, 4) is 0 Å². The van der Waals surface area contributed by atoms with E-state index in [4.69, 9.17) is 22.2 Å². The number of nitrogen functional groups attached to an aromatic ring is 1. The highest BCUT2D eigenvalue weighted by atomic mass is 35.5. The van der Waals surface area contributed by atoms with Crippen LogP contribution in [0.3, 0.4) is 0 Å². The molecule has 0 aromatic heterocycles. The summed E-state index contributed by atoms with van der Waals surface area (Å²) in [5.74, 6) is -0.176. The molecule has 5 heteroatoms. The number of hydroxylamine groups is 2. The van der Waals surface area contributed by atoms with Crippen LogP contribution in [0.25, 0.3) is 0 Å². The van der Waals surface area contributed by atoms with Crippen molar-refractivity contribution in [2.24, 2.45) is 0 Å². The van der Waals surface area contributed by atoms with Crippen molar-refractivity contribution in [3.63, 3.8) is 0 Å². The van der Waals surface area contributed by atoms with Crippen LogP contribution in [0.5, 0.6) is 0 Å². The van der Waals surface area contributed by atoms with E-state index >= 15 is 0 Å². The lowest BCUT2D eigenvalue weighted by Crippen LogP contribution is -2.26. The van der Waals surface area contributed by atoms with Gasteiger partial charge in [-0.05, 0) is 17.7 Å². The first kappa shape index (κ1) is 11.8. The summed E-state index contributed by atoms with van der Waals surface area (Å²) < 4.78 is 0. The fourth-order valence-corrected chi connectivity index (χ4v) is 1.40. The van der Waals surface area contributed by atoms with Crippen molar-refractivity contribution in [2.75, 3.05) is 12.8 Å². The van der Waals surface area contributed by atoms with Crippen molar-refractivity contribution in [1.29, 1.82) is 0 Å². The lowest BCUT2D eigenvalue weighted by Gasteiger charge is -2.18. The molecule has 1 amide bonds. The minimum Gasteiger partial charge on any atom is -0.399 e. The van der Waals surface area contributed by atoms with Gasteiger partial charge >= 0.3 is 0 Å². The first-order chi connectivity index (χ1) is 7.04. The monoisotopic (exact) mass is 228 g/mol. The summed E-state index contributed by atoms with van der Waals surface area (Å²) >= 11 is 5.96. The zero-order chi connectivity index (χ0) is 11.4. The first-order valence-corrected chi connectivity index (χ1v) is 4.78. The fourth-order valence-electron chi connectivity index (χ4n) is 1.15. The second-order valence-electron chi connectivity index (χ2n) is 3.09. The number of anilines is 1. The van der Waals surface area contributed by atoms with Gasteiger partial charge in [0.25, 0.3) is 0 Å². The second-order valence-corrected chi connectivity index (χ2v) is 3.50. The summed E-state index contributed by atoms with van der Waals surface area (Å²) in [6.45, 7) is 1.74. The summed E-state index contributed by atoms with van der Waals surface area (Å²) in [4.78, 5) is 16.0. The molecule has 0 aliphatic rings. The highest BCUT2D eigenvalue weighted by Gasteiger charge is 2.10. The number of nitrogens with two attached hydrogens (primary N) is 1. The smallest absolute Gasteiger partial charge is 0.243 e. The Labute approximate surface area is 93.5 Å². The zero-order valence-electron chi connectivity index (χ0n) is 8.66. The Morgan fingerprint density at radius 1 is 1.60 bits per heavy atom. The van der Waals surface area contributed by atoms with Crippen LogP contribution in [-0.4, -0.2) is 18.1 Å². The number of carbonyl (C=O) groups excluding carboxylic acids is 1. The van der Waals surface area contributed by atoms with Gasteiger partial charge in [-0.3, -0.25) is 9.63 Å². The number of halogens is 1. The molecule has 4 nitrogen and oxygen atoms in total. The molecule has 0 spiro atoms. The van der Waals surface area contributed by atoms with E-state index in [1.807, 2.05) is 0 Å². The van der Waals surface area contributed by atoms with E-state index in [1.54, 1.807) is 18.2 Å². The normalized spacial score (nSPS) is 10.1. The van der Waals surface area contributed by atoms with Crippen LogP contribution in [0.4, 0.5) is 5.69 Å². The van der Waals surface area contributed by atoms with E-state index in [-0.39, 0.29) is 5.91 Å². The second kappa shape index (κ2) is 5.00. The minimum absolute atomic E-state index is 0.176. The molecule has 82 valence electrons. The fraction of sp³-hybridized carbons (Fsp3) is 0.300. The summed E-state index contributed by atoms with van der Waals surface area (Å²) in [5.41, 5.74) is 6.94. The predicted octanol–water partition coefficient (Wildman–Crippen LogP) is 1.83. The molecule has 0 aliphatic heterocycles. The third kappa shape index (κ3) is 3.11. The average molecular weight is 229 g/mol. The van der Waals surface area contributed by atoms with E-state index in [0.717, 1.165) is 5.56 Å². The highest BCUT2D eigenvalue weighted by Crippen LogP contribution is 2.20. The van der Waals surface area contributed by atoms with Crippen LogP contribution in [0.1, 0.15) is 12.5 Å². The molecule has 0 radical (unpaired) electrons. The van der Waals surface area contributed by atoms with Crippen LogP contribution in [0.2, 0.25) is 5.02 Å². The molecule has 0 heterocycles. The Hall–Kier alpha value is -1.26. The van der Waals surface area contributed by atoms with Crippen LogP contribution < -0.4 is 5.73 Å². The number of hydrogen-bond donors (Lipinski definition) is 1. The van der Waals surface area contributed by atoms with E-state index in [9.17, 15) is 4.79 Å². The molecule has 2 N–H and O–H groups in total. The maximum atomic E-state index is 11.1. The minimum atomic E-state index is -0.176. The van der Waals surface area contributed by atoms with Crippen molar-refractivity contribution in [2.45, 2.75) is 13.5 Å². The van der Waals surface area contributed by atoms with E-state index in [1.165, 1.54) is 19.1 Å². The van der Waals surface area contributed by atoms with Gasteiger partial charge in [0.2, 0.25) is 5.91 Å². The molecular formula is C10H13ClN2O2. The molecule has 0 unspecified atom stereocenters. The van der Waals surface area contributed by atoms with Gasteiger partial charge in [0.05, 0.1) is 13.7 Å². The Bertz CT molecular complexity index is 368. The van der Waals surface area contributed by atoms with Crippen LogP contribution in [0.15, 0.2) is 18.2 Å². The van der Waals surface area contributed by atoms with Crippen LogP contribution in [0, 0.1) is 0 Å². The SMILES string of the molecule is CON(Cc1ccc(N)cc1Cl)C(C)=O. The summed E-state index contributed by atoms with van der Waals surface area (Å²) in [6.07, 6.45) is 0. The lowest BCUT2D eigenvalue weighted by atomic mass is 10.2. The summed E-state index contributed by atoms with van der Waals surface area (Å²) in [7, 11) is 1.44. The van der Waals surface area contributed by atoms with Crippen molar-refractivity contribution < 1.29 is 9.63 Å². The quantitative estimate of drug-likeness (QED) is 0.634. The highest BCUT2D eigenvalue weighted by molar-refractivity contribution is 6.31. The number of benzene rings is 1. The third-order valence-electron chi connectivity index (χ3n) is 1.96. The van der Waals surface area contributed by atoms with E-state index in [0.29, 0.717) is 17.3 Å². The van der Waals surface area contributed by atoms with Crippen molar-refractivity contribution in [3.05, 3.63) is 28.8 Å². The Morgan fingerprint density at radius 3 is 2.73 bits per heavy atom. The Balaban J connectivity index is 2.84. The largest absolute Gasteiger partial charge is 0.399 e. The van der Waals surface area contributed by atoms with Gasteiger partial charge in [-0.25, -0.2) is 5.06 Å². The van der Waals surface area contributed by atoms with Gasteiger partial charge in [-0.2, -0.15) is 0 Å². The molecule has 0 fully saturated rings. The molecule has 1 rings (SSSR count). The lowest BCUT2D eigenvalue weighted by molar-refractivity contribution is -0.176. The van der Waals surface area contributed by atoms with Crippen molar-refractivity contribution in [1.82, 2.24) is 5.06 Å². The van der Waals surface area contributed by atoms with Crippen LogP contribution in [-0.2, 0) is 16.2 Å². The number of nitrogens with zero attached hydrogens (tertiary/aromatic N) is 1. The van der Waals surface area contributed by atoms with Crippen molar-refractivity contribution >= 4 is 23.2 Å². The number of carbonyl (C=O) groups is 1.